The van der Waals surface area contributed by atoms with E-state index in [0.717, 1.165) is 50.5 Å². The third kappa shape index (κ3) is 4.91. The van der Waals surface area contributed by atoms with Crippen LogP contribution >= 0.6 is 0 Å². The molecule has 0 radical (unpaired) electrons. The van der Waals surface area contributed by atoms with Gasteiger partial charge in [-0.25, -0.2) is 9.97 Å². The normalized spacial score (nSPS) is 16.2. The quantitative estimate of drug-likeness (QED) is 0.482. The minimum absolute atomic E-state index is 0.258. The van der Waals surface area contributed by atoms with Gasteiger partial charge in [-0.1, -0.05) is 0 Å². The summed E-state index contributed by atoms with van der Waals surface area (Å²) in [7, 11) is 1.59. The molecule has 4 heterocycles. The van der Waals surface area contributed by atoms with E-state index >= 15 is 0 Å². The minimum atomic E-state index is -0.443. The Morgan fingerprint density at radius 2 is 2.11 bits per heavy atom. The van der Waals surface area contributed by atoms with Crippen LogP contribution in [0.25, 0.3) is 10.9 Å². The Morgan fingerprint density at radius 1 is 1.26 bits per heavy atom. The number of amides is 1. The highest BCUT2D eigenvalue weighted by molar-refractivity contribution is 5.97. The van der Waals surface area contributed by atoms with Gasteiger partial charge in [-0.3, -0.25) is 14.3 Å². The summed E-state index contributed by atoms with van der Waals surface area (Å²) < 4.78 is 19.1. The van der Waals surface area contributed by atoms with Crippen LogP contribution in [-0.4, -0.2) is 78.5 Å². The van der Waals surface area contributed by atoms with E-state index in [0.29, 0.717) is 47.9 Å². The molecule has 1 fully saturated rings. The molecule has 0 aliphatic carbocycles. The van der Waals surface area contributed by atoms with Crippen LogP contribution in [0.1, 0.15) is 16.8 Å². The Labute approximate surface area is 202 Å². The Bertz CT molecular complexity index is 1300. The first-order valence-corrected chi connectivity index (χ1v) is 11.7. The first-order chi connectivity index (χ1) is 17.1. The van der Waals surface area contributed by atoms with E-state index in [1.807, 2.05) is 16.7 Å². The van der Waals surface area contributed by atoms with Crippen molar-refractivity contribution in [3.8, 4) is 11.5 Å². The Balaban J connectivity index is 1.45. The number of carbonyl (C=O) groups excluding carboxylic acids is 1. The second kappa shape index (κ2) is 10.3. The van der Waals surface area contributed by atoms with Crippen LogP contribution in [-0.2, 0) is 11.3 Å². The molecule has 0 saturated carbocycles. The number of rotatable bonds is 7. The third-order valence-electron chi connectivity index (χ3n) is 6.12. The molecule has 3 aromatic rings. The molecule has 35 heavy (non-hydrogen) atoms. The first kappa shape index (κ1) is 23.1. The lowest BCUT2D eigenvalue weighted by Crippen LogP contribution is -2.37. The predicted octanol–water partition coefficient (Wildman–Crippen LogP) is 1.29. The number of nitrogens with zero attached hydrogens (tertiary/aromatic N) is 5. The highest BCUT2D eigenvalue weighted by Crippen LogP contribution is 2.37. The van der Waals surface area contributed by atoms with Crippen LogP contribution < -0.4 is 26.1 Å². The highest BCUT2D eigenvalue weighted by Gasteiger charge is 2.21. The molecular weight excluding hydrogens is 450 g/mol. The number of nitrogens with two attached hydrogens (primary N) is 1. The number of ether oxygens (including phenoxy) is 3. The molecule has 2 aromatic heterocycles. The Hall–Kier alpha value is -3.70. The van der Waals surface area contributed by atoms with Crippen LogP contribution in [0.15, 0.2) is 35.5 Å². The summed E-state index contributed by atoms with van der Waals surface area (Å²) in [4.78, 5) is 28.2. The predicted molar refractivity (Wildman–Crippen MR) is 131 cm³/mol. The summed E-state index contributed by atoms with van der Waals surface area (Å²) in [5, 5.41) is 4.25. The summed E-state index contributed by atoms with van der Waals surface area (Å²) in [6.07, 6.45) is 2.37. The number of fused-ring (bicyclic) bond motifs is 3. The Morgan fingerprint density at radius 3 is 2.91 bits per heavy atom. The van der Waals surface area contributed by atoms with Crippen molar-refractivity contribution in [2.75, 3.05) is 64.2 Å². The summed E-state index contributed by atoms with van der Waals surface area (Å²) in [5.74, 6) is 1.78. The van der Waals surface area contributed by atoms with Gasteiger partial charge < -0.3 is 25.3 Å². The smallest absolute Gasteiger partial charge is 0.280 e. The van der Waals surface area contributed by atoms with Crippen molar-refractivity contribution in [3.05, 3.63) is 41.6 Å². The van der Waals surface area contributed by atoms with E-state index < -0.39 is 5.91 Å². The molecule has 1 amide bonds. The molecule has 2 aliphatic heterocycles. The minimum Gasteiger partial charge on any atom is -0.491 e. The molecule has 1 aromatic carbocycles. The zero-order chi connectivity index (χ0) is 24.2. The third-order valence-corrected chi connectivity index (χ3v) is 6.12. The fraction of sp³-hybridized carbons (Fsp3) is 0.417. The summed E-state index contributed by atoms with van der Waals surface area (Å²) >= 11 is 0. The molecule has 184 valence electrons. The molecule has 3 N–H and O–H groups in total. The molecule has 0 atom stereocenters. The van der Waals surface area contributed by atoms with Gasteiger partial charge in [0, 0.05) is 49.9 Å². The van der Waals surface area contributed by atoms with Gasteiger partial charge in [0.2, 0.25) is 5.62 Å². The van der Waals surface area contributed by atoms with E-state index in [1.165, 1.54) is 12.3 Å². The van der Waals surface area contributed by atoms with Crippen molar-refractivity contribution in [1.29, 1.82) is 0 Å². The maximum atomic E-state index is 12.8. The maximum absolute atomic E-state index is 12.8. The second-order valence-electron chi connectivity index (χ2n) is 8.37. The lowest BCUT2D eigenvalue weighted by Gasteiger charge is -2.26. The standard InChI is InChI=1S/C24H29N7O4/c1-33-21-18(35-12-2-8-30-10-13-34-14-11-30)4-3-17-20(21)28-24(31-9-7-27-22(17)31)29-23(32)16-5-6-26-19(25)15-16/h3-6,15,27H,2,7-14H2,1H3,(H2,25,26). The van der Waals surface area contributed by atoms with Crippen molar-refractivity contribution < 1.29 is 19.0 Å². The number of methoxy groups -OCH3 is 1. The van der Waals surface area contributed by atoms with Crippen LogP contribution in [0, 0.1) is 0 Å². The van der Waals surface area contributed by atoms with Crippen LogP contribution in [0.2, 0.25) is 0 Å². The van der Waals surface area contributed by atoms with Gasteiger partial charge in [0.25, 0.3) is 5.91 Å². The average Bonchev–Trinajstić information content (AvgIpc) is 3.38. The Kier molecular flexibility index (Phi) is 6.77. The van der Waals surface area contributed by atoms with Crippen molar-refractivity contribution in [2.24, 2.45) is 4.99 Å². The number of nitrogen functional groups attached to an aromatic ring is 1. The number of nitrogens with one attached hydrogen (secondary N) is 1. The lowest BCUT2D eigenvalue weighted by atomic mass is 10.2. The van der Waals surface area contributed by atoms with E-state index in [2.05, 4.69) is 20.2 Å². The molecule has 1 saturated heterocycles. The number of pyridine rings is 1. The molecule has 11 nitrogen and oxygen atoms in total. The number of carbonyl (C=O) groups is 1. The topological polar surface area (TPSA) is 129 Å². The van der Waals surface area contributed by atoms with Gasteiger partial charge in [0.1, 0.15) is 17.2 Å². The SMILES string of the molecule is COc1c(OCCCN2CCOCC2)ccc2c3n(c(=NC(=O)c4ccnc(N)c4)nc12)CCN3. The van der Waals surface area contributed by atoms with Gasteiger partial charge in [0.15, 0.2) is 11.5 Å². The number of benzene rings is 1. The van der Waals surface area contributed by atoms with E-state index in [1.54, 1.807) is 13.2 Å². The number of hydrogen-bond acceptors (Lipinski definition) is 9. The summed E-state index contributed by atoms with van der Waals surface area (Å²) in [6.45, 7) is 6.34. The van der Waals surface area contributed by atoms with Gasteiger partial charge >= 0.3 is 0 Å². The second-order valence-corrected chi connectivity index (χ2v) is 8.37. The summed E-state index contributed by atoms with van der Waals surface area (Å²) in [5.41, 5.74) is 6.95. The average molecular weight is 480 g/mol. The molecule has 0 spiro atoms. The van der Waals surface area contributed by atoms with Crippen molar-refractivity contribution in [1.82, 2.24) is 19.4 Å². The van der Waals surface area contributed by atoms with Gasteiger partial charge in [-0.2, -0.15) is 4.99 Å². The molecule has 5 rings (SSSR count). The fourth-order valence-corrected chi connectivity index (χ4v) is 4.38. The largest absolute Gasteiger partial charge is 0.491 e. The van der Waals surface area contributed by atoms with Crippen LogP contribution in [0.3, 0.4) is 0 Å². The van der Waals surface area contributed by atoms with E-state index in [-0.39, 0.29) is 5.82 Å². The van der Waals surface area contributed by atoms with Gasteiger partial charge in [-0.15, -0.1) is 0 Å². The molecule has 0 unspecified atom stereocenters. The zero-order valence-corrected chi connectivity index (χ0v) is 19.7. The molecule has 0 bridgehead atoms. The van der Waals surface area contributed by atoms with Gasteiger partial charge in [0.05, 0.1) is 26.9 Å². The van der Waals surface area contributed by atoms with Crippen molar-refractivity contribution >= 4 is 28.4 Å². The number of morpholine rings is 1. The molecule has 2 aliphatic rings. The highest BCUT2D eigenvalue weighted by atomic mass is 16.5. The van der Waals surface area contributed by atoms with Crippen molar-refractivity contribution in [3.63, 3.8) is 0 Å². The monoisotopic (exact) mass is 479 g/mol. The number of anilines is 2. The first-order valence-electron chi connectivity index (χ1n) is 11.7. The van der Waals surface area contributed by atoms with E-state index in [9.17, 15) is 4.79 Å². The van der Waals surface area contributed by atoms with Gasteiger partial charge in [-0.05, 0) is 30.7 Å². The van der Waals surface area contributed by atoms with E-state index in [4.69, 9.17) is 24.9 Å². The number of aromatic nitrogens is 3. The molecule has 11 heteroatoms. The summed E-state index contributed by atoms with van der Waals surface area (Å²) in [6, 6.07) is 6.94. The van der Waals surface area contributed by atoms with Crippen LogP contribution in [0.4, 0.5) is 11.6 Å². The maximum Gasteiger partial charge on any atom is 0.280 e. The number of hydrogen-bond donors (Lipinski definition) is 2. The molecular formula is C24H29N7O4. The zero-order valence-electron chi connectivity index (χ0n) is 19.7. The lowest BCUT2D eigenvalue weighted by molar-refractivity contribution is 0.0357. The van der Waals surface area contributed by atoms with Crippen LogP contribution in [0.5, 0.6) is 11.5 Å². The fourth-order valence-electron chi connectivity index (χ4n) is 4.38. The van der Waals surface area contributed by atoms with Crippen molar-refractivity contribution in [2.45, 2.75) is 13.0 Å².